The quantitative estimate of drug-likeness (QED) is 0.775. The maximum atomic E-state index is 11.5. The van der Waals surface area contributed by atoms with Crippen LogP contribution in [0.4, 0.5) is 0 Å². The summed E-state index contributed by atoms with van der Waals surface area (Å²) >= 11 is 5.53. The Morgan fingerprint density at radius 1 is 1.33 bits per heavy atom. The number of nitrogens with one attached hydrogen (secondary N) is 1. The highest BCUT2D eigenvalue weighted by Crippen LogP contribution is 2.30. The van der Waals surface area contributed by atoms with Crippen LogP contribution in [0, 0.1) is 0 Å². The predicted molar refractivity (Wildman–Crippen MR) is 71.3 cm³/mol. The van der Waals surface area contributed by atoms with Crippen LogP contribution in [0.5, 0.6) is 11.5 Å². The Kier molecular flexibility index (Phi) is 6.36. The molecule has 0 aliphatic carbocycles. The van der Waals surface area contributed by atoms with Crippen LogP contribution >= 0.6 is 11.6 Å². The summed E-state index contributed by atoms with van der Waals surface area (Å²) in [6.07, 6.45) is 1.12. The monoisotopic (exact) mass is 271 g/mol. The fourth-order valence-electron chi connectivity index (χ4n) is 1.60. The Balaban J connectivity index is 2.64. The molecule has 0 saturated carbocycles. The average Bonchev–Trinajstić information content (AvgIpc) is 2.41. The van der Waals surface area contributed by atoms with E-state index in [1.54, 1.807) is 14.2 Å². The van der Waals surface area contributed by atoms with E-state index in [-0.39, 0.29) is 5.91 Å². The molecule has 0 unspecified atom stereocenters. The molecule has 5 heteroatoms. The van der Waals surface area contributed by atoms with Crippen molar-refractivity contribution in [3.63, 3.8) is 0 Å². The van der Waals surface area contributed by atoms with Gasteiger partial charge in [-0.3, -0.25) is 4.79 Å². The fourth-order valence-corrected chi connectivity index (χ4v) is 1.74. The van der Waals surface area contributed by atoms with Crippen molar-refractivity contribution in [3.8, 4) is 11.5 Å². The molecule has 0 spiro atoms. The number of ether oxygens (including phenoxy) is 2. The molecule has 1 aromatic rings. The number of hydrogen-bond acceptors (Lipinski definition) is 3. The van der Waals surface area contributed by atoms with Crippen LogP contribution in [0.25, 0.3) is 0 Å². The van der Waals surface area contributed by atoms with E-state index in [1.807, 2.05) is 18.2 Å². The van der Waals surface area contributed by atoms with Gasteiger partial charge in [-0.15, -0.1) is 11.6 Å². The number of alkyl halides is 1. The molecule has 0 saturated heterocycles. The smallest absolute Gasteiger partial charge is 0.220 e. The molecule has 0 fully saturated rings. The van der Waals surface area contributed by atoms with Crippen molar-refractivity contribution in [1.82, 2.24) is 5.32 Å². The van der Waals surface area contributed by atoms with E-state index in [4.69, 9.17) is 21.1 Å². The Morgan fingerprint density at radius 2 is 2.11 bits per heavy atom. The molecule has 1 amide bonds. The third-order valence-corrected chi connectivity index (χ3v) is 2.77. The highest BCUT2D eigenvalue weighted by molar-refractivity contribution is 6.17. The molecule has 0 atom stereocenters. The van der Waals surface area contributed by atoms with E-state index < -0.39 is 0 Å². The zero-order chi connectivity index (χ0) is 13.4. The molecule has 0 aliphatic heterocycles. The van der Waals surface area contributed by atoms with Gasteiger partial charge in [-0.2, -0.15) is 0 Å². The number of methoxy groups -OCH3 is 2. The molecule has 0 aromatic heterocycles. The molecule has 1 aromatic carbocycles. The van der Waals surface area contributed by atoms with E-state index in [9.17, 15) is 4.79 Å². The molecule has 0 radical (unpaired) electrons. The maximum Gasteiger partial charge on any atom is 0.220 e. The zero-order valence-electron chi connectivity index (χ0n) is 10.7. The van der Waals surface area contributed by atoms with Crippen LogP contribution in [0.2, 0.25) is 0 Å². The number of rotatable bonds is 7. The summed E-state index contributed by atoms with van der Waals surface area (Å²) in [5.74, 6) is 1.79. The van der Waals surface area contributed by atoms with Gasteiger partial charge in [0, 0.05) is 24.4 Å². The molecular weight excluding hydrogens is 254 g/mol. The number of para-hydroxylation sites is 1. The van der Waals surface area contributed by atoms with Gasteiger partial charge >= 0.3 is 0 Å². The van der Waals surface area contributed by atoms with Crippen molar-refractivity contribution in [3.05, 3.63) is 23.8 Å². The van der Waals surface area contributed by atoms with Crippen molar-refractivity contribution in [2.24, 2.45) is 0 Å². The van der Waals surface area contributed by atoms with Crippen molar-refractivity contribution < 1.29 is 14.3 Å². The van der Waals surface area contributed by atoms with E-state index in [1.165, 1.54) is 0 Å². The summed E-state index contributed by atoms with van der Waals surface area (Å²) in [5, 5.41) is 2.83. The minimum Gasteiger partial charge on any atom is -0.493 e. The summed E-state index contributed by atoms with van der Waals surface area (Å²) in [5.41, 5.74) is 0.885. The first-order chi connectivity index (χ1) is 8.72. The first-order valence-electron chi connectivity index (χ1n) is 5.75. The zero-order valence-corrected chi connectivity index (χ0v) is 11.4. The first kappa shape index (κ1) is 14.6. The molecule has 18 heavy (non-hydrogen) atoms. The van der Waals surface area contributed by atoms with E-state index in [0.29, 0.717) is 36.8 Å². The van der Waals surface area contributed by atoms with Crippen molar-refractivity contribution in [2.45, 2.75) is 19.4 Å². The second-order valence-electron chi connectivity index (χ2n) is 3.72. The first-order valence-corrected chi connectivity index (χ1v) is 6.29. The lowest BCUT2D eigenvalue weighted by Gasteiger charge is -2.13. The lowest BCUT2D eigenvalue weighted by atomic mass is 10.2. The van der Waals surface area contributed by atoms with Gasteiger partial charge in [0.05, 0.1) is 14.2 Å². The van der Waals surface area contributed by atoms with E-state index in [0.717, 1.165) is 5.56 Å². The molecule has 0 heterocycles. The van der Waals surface area contributed by atoms with Crippen molar-refractivity contribution >= 4 is 17.5 Å². The minimum absolute atomic E-state index is 0.0134. The summed E-state index contributed by atoms with van der Waals surface area (Å²) in [6, 6.07) is 5.57. The molecular formula is C13H18ClNO3. The summed E-state index contributed by atoms with van der Waals surface area (Å²) < 4.78 is 10.5. The second-order valence-corrected chi connectivity index (χ2v) is 4.10. The Morgan fingerprint density at radius 3 is 2.72 bits per heavy atom. The summed E-state index contributed by atoms with van der Waals surface area (Å²) in [4.78, 5) is 11.5. The van der Waals surface area contributed by atoms with Crippen LogP contribution in [0.1, 0.15) is 18.4 Å². The number of carbonyl (C=O) groups excluding carboxylic acids is 1. The van der Waals surface area contributed by atoms with Gasteiger partial charge in [-0.1, -0.05) is 12.1 Å². The molecule has 1 N–H and O–H groups in total. The van der Waals surface area contributed by atoms with Gasteiger partial charge in [0.2, 0.25) is 5.91 Å². The molecule has 4 nitrogen and oxygen atoms in total. The Bertz CT molecular complexity index is 396. The van der Waals surface area contributed by atoms with Gasteiger partial charge in [0.25, 0.3) is 0 Å². The largest absolute Gasteiger partial charge is 0.493 e. The van der Waals surface area contributed by atoms with Crippen LogP contribution in [-0.4, -0.2) is 26.0 Å². The van der Waals surface area contributed by atoms with Gasteiger partial charge in [-0.25, -0.2) is 0 Å². The number of hydrogen-bond donors (Lipinski definition) is 1. The van der Waals surface area contributed by atoms with Gasteiger partial charge in [0.1, 0.15) is 0 Å². The van der Waals surface area contributed by atoms with E-state index >= 15 is 0 Å². The highest BCUT2D eigenvalue weighted by atomic mass is 35.5. The number of halogens is 1. The van der Waals surface area contributed by atoms with Gasteiger partial charge in [0.15, 0.2) is 11.5 Å². The Labute approximate surface area is 112 Å². The summed E-state index contributed by atoms with van der Waals surface area (Å²) in [7, 11) is 3.16. The maximum absolute atomic E-state index is 11.5. The average molecular weight is 272 g/mol. The molecule has 0 aliphatic rings. The lowest BCUT2D eigenvalue weighted by molar-refractivity contribution is -0.121. The summed E-state index contributed by atoms with van der Waals surface area (Å²) in [6.45, 7) is 0.418. The minimum atomic E-state index is -0.0134. The van der Waals surface area contributed by atoms with Crippen LogP contribution in [0.15, 0.2) is 18.2 Å². The SMILES string of the molecule is COc1cccc(CNC(=O)CCCCl)c1OC. The van der Waals surface area contributed by atoms with Crippen molar-refractivity contribution in [1.29, 1.82) is 0 Å². The Hall–Kier alpha value is -1.42. The third-order valence-electron chi connectivity index (χ3n) is 2.50. The predicted octanol–water partition coefficient (Wildman–Crippen LogP) is 2.34. The van der Waals surface area contributed by atoms with E-state index in [2.05, 4.69) is 5.32 Å². The lowest BCUT2D eigenvalue weighted by Crippen LogP contribution is -2.22. The van der Waals surface area contributed by atoms with Crippen LogP contribution < -0.4 is 14.8 Å². The number of amides is 1. The van der Waals surface area contributed by atoms with Crippen molar-refractivity contribution in [2.75, 3.05) is 20.1 Å². The van der Waals surface area contributed by atoms with Crippen LogP contribution in [0.3, 0.4) is 0 Å². The van der Waals surface area contributed by atoms with Gasteiger partial charge in [-0.05, 0) is 12.5 Å². The topological polar surface area (TPSA) is 47.6 Å². The fraction of sp³-hybridized carbons (Fsp3) is 0.462. The standard InChI is InChI=1S/C13H18ClNO3/c1-17-11-6-3-5-10(13(11)18-2)9-15-12(16)7-4-8-14/h3,5-6H,4,7-9H2,1-2H3,(H,15,16). The number of carbonyl (C=O) groups is 1. The van der Waals surface area contributed by atoms with Gasteiger partial charge < -0.3 is 14.8 Å². The second kappa shape index (κ2) is 7.82. The molecule has 1 rings (SSSR count). The normalized spacial score (nSPS) is 9.94. The number of benzene rings is 1. The van der Waals surface area contributed by atoms with Crippen LogP contribution in [-0.2, 0) is 11.3 Å². The molecule has 100 valence electrons. The third kappa shape index (κ3) is 4.11. The highest BCUT2D eigenvalue weighted by Gasteiger charge is 2.10. The molecule has 0 bridgehead atoms.